The minimum absolute atomic E-state index is 0. The Morgan fingerprint density at radius 2 is 1.83 bits per heavy atom. The Hall–Kier alpha value is -1.45. The van der Waals surface area contributed by atoms with Crippen LogP contribution in [-0.4, -0.2) is 34.0 Å². The number of carbonyl (C=O) groups excluding carboxylic acids is 1. The molecule has 0 bridgehead atoms. The van der Waals surface area contributed by atoms with Crippen molar-refractivity contribution in [1.29, 1.82) is 0 Å². The SMILES string of the molecule is Cl.NCCNC(=O)c1ccc(S(=O)(=O)NCCc2cccs2)cc1. The van der Waals surface area contributed by atoms with Crippen LogP contribution in [0, 0.1) is 0 Å². The summed E-state index contributed by atoms with van der Waals surface area (Å²) in [6.45, 7) is 1.07. The lowest BCUT2D eigenvalue weighted by Crippen LogP contribution is -2.29. The molecule has 1 amide bonds. The first-order valence-corrected chi connectivity index (χ1v) is 9.49. The number of amides is 1. The highest BCUT2D eigenvalue weighted by atomic mass is 35.5. The normalized spacial score (nSPS) is 10.9. The van der Waals surface area contributed by atoms with Crippen molar-refractivity contribution in [1.82, 2.24) is 10.0 Å². The van der Waals surface area contributed by atoms with E-state index in [2.05, 4.69) is 10.0 Å². The van der Waals surface area contributed by atoms with Crippen LogP contribution >= 0.6 is 23.7 Å². The van der Waals surface area contributed by atoms with E-state index in [-0.39, 0.29) is 23.2 Å². The van der Waals surface area contributed by atoms with Crippen LogP contribution in [0.5, 0.6) is 0 Å². The maximum absolute atomic E-state index is 12.2. The molecule has 0 saturated carbocycles. The summed E-state index contributed by atoms with van der Waals surface area (Å²) in [5.41, 5.74) is 5.72. The van der Waals surface area contributed by atoms with E-state index >= 15 is 0 Å². The summed E-state index contributed by atoms with van der Waals surface area (Å²) >= 11 is 1.59. The minimum Gasteiger partial charge on any atom is -0.351 e. The van der Waals surface area contributed by atoms with E-state index < -0.39 is 10.0 Å². The van der Waals surface area contributed by atoms with Gasteiger partial charge in [-0.05, 0) is 42.1 Å². The van der Waals surface area contributed by atoms with Gasteiger partial charge in [0.25, 0.3) is 5.91 Å². The summed E-state index contributed by atoms with van der Waals surface area (Å²) in [7, 11) is -3.57. The minimum atomic E-state index is -3.57. The van der Waals surface area contributed by atoms with Gasteiger partial charge in [-0.1, -0.05) is 6.07 Å². The van der Waals surface area contributed by atoms with Crippen LogP contribution < -0.4 is 15.8 Å². The van der Waals surface area contributed by atoms with Crippen LogP contribution in [0.3, 0.4) is 0 Å². The summed E-state index contributed by atoms with van der Waals surface area (Å²) < 4.78 is 26.9. The second-order valence-corrected chi connectivity index (χ2v) is 7.60. The van der Waals surface area contributed by atoms with Gasteiger partial charge >= 0.3 is 0 Å². The second kappa shape index (κ2) is 9.75. The van der Waals surface area contributed by atoms with Gasteiger partial charge in [0.2, 0.25) is 10.0 Å². The lowest BCUT2D eigenvalue weighted by molar-refractivity contribution is 0.0954. The number of hydrogen-bond acceptors (Lipinski definition) is 5. The van der Waals surface area contributed by atoms with Crippen molar-refractivity contribution < 1.29 is 13.2 Å². The molecule has 6 nitrogen and oxygen atoms in total. The lowest BCUT2D eigenvalue weighted by Gasteiger charge is -2.07. The van der Waals surface area contributed by atoms with Crippen molar-refractivity contribution in [3.05, 3.63) is 52.2 Å². The van der Waals surface area contributed by atoms with Crippen LogP contribution in [0.1, 0.15) is 15.2 Å². The molecular weight excluding hydrogens is 370 g/mol. The monoisotopic (exact) mass is 389 g/mol. The quantitative estimate of drug-likeness (QED) is 0.634. The molecule has 132 valence electrons. The summed E-state index contributed by atoms with van der Waals surface area (Å²) in [6.07, 6.45) is 0.649. The molecule has 0 saturated heterocycles. The third-order valence-corrected chi connectivity index (χ3v) is 5.51. The van der Waals surface area contributed by atoms with Gasteiger partial charge in [0, 0.05) is 30.1 Å². The fourth-order valence-corrected chi connectivity index (χ4v) is 3.66. The predicted molar refractivity (Wildman–Crippen MR) is 98.3 cm³/mol. The van der Waals surface area contributed by atoms with E-state index in [9.17, 15) is 13.2 Å². The number of benzene rings is 1. The third-order valence-electron chi connectivity index (χ3n) is 3.10. The highest BCUT2D eigenvalue weighted by molar-refractivity contribution is 7.89. The van der Waals surface area contributed by atoms with Crippen molar-refractivity contribution in [3.63, 3.8) is 0 Å². The van der Waals surface area contributed by atoms with E-state index in [1.54, 1.807) is 11.3 Å². The molecule has 0 aliphatic carbocycles. The third kappa shape index (κ3) is 5.88. The van der Waals surface area contributed by atoms with Gasteiger partial charge in [0.05, 0.1) is 4.90 Å². The smallest absolute Gasteiger partial charge is 0.251 e. The molecule has 0 fully saturated rings. The van der Waals surface area contributed by atoms with E-state index in [0.717, 1.165) is 4.88 Å². The number of halogens is 1. The molecule has 1 aromatic heterocycles. The molecule has 0 atom stereocenters. The summed E-state index contributed by atoms with van der Waals surface area (Å²) in [4.78, 5) is 13.0. The van der Waals surface area contributed by atoms with Crippen LogP contribution in [0.15, 0.2) is 46.7 Å². The van der Waals surface area contributed by atoms with Crippen LogP contribution in [0.4, 0.5) is 0 Å². The van der Waals surface area contributed by atoms with E-state index in [1.807, 2.05) is 17.5 Å². The largest absolute Gasteiger partial charge is 0.351 e. The first kappa shape index (κ1) is 20.6. The Kier molecular flexibility index (Phi) is 8.37. The molecule has 2 rings (SSSR count). The Labute approximate surface area is 151 Å². The second-order valence-electron chi connectivity index (χ2n) is 4.80. The van der Waals surface area contributed by atoms with Gasteiger partial charge in [-0.3, -0.25) is 4.79 Å². The van der Waals surface area contributed by atoms with E-state index in [1.165, 1.54) is 24.3 Å². The molecule has 0 radical (unpaired) electrons. The molecule has 9 heteroatoms. The predicted octanol–water partition coefficient (Wildman–Crippen LogP) is 1.38. The molecule has 0 unspecified atom stereocenters. The van der Waals surface area contributed by atoms with Crippen LogP contribution in [0.25, 0.3) is 0 Å². The average molecular weight is 390 g/mol. The number of carbonyl (C=O) groups is 1. The number of thiophene rings is 1. The molecule has 1 heterocycles. The van der Waals surface area contributed by atoms with Crippen molar-refractivity contribution in [2.24, 2.45) is 5.73 Å². The molecule has 1 aromatic carbocycles. The van der Waals surface area contributed by atoms with Gasteiger partial charge < -0.3 is 11.1 Å². The van der Waals surface area contributed by atoms with Gasteiger partial charge in [-0.25, -0.2) is 13.1 Å². The highest BCUT2D eigenvalue weighted by Crippen LogP contribution is 2.12. The van der Waals surface area contributed by atoms with Crippen molar-refractivity contribution >= 4 is 39.7 Å². The van der Waals surface area contributed by atoms with Crippen LogP contribution in [-0.2, 0) is 16.4 Å². The Morgan fingerprint density at radius 3 is 2.42 bits per heavy atom. The molecule has 2 aromatic rings. The summed E-state index contributed by atoms with van der Waals surface area (Å²) in [6, 6.07) is 9.71. The topological polar surface area (TPSA) is 101 Å². The summed E-state index contributed by atoms with van der Waals surface area (Å²) in [5.74, 6) is -0.273. The number of nitrogens with one attached hydrogen (secondary N) is 2. The van der Waals surface area contributed by atoms with Gasteiger partial charge in [0.1, 0.15) is 0 Å². The first-order valence-electron chi connectivity index (χ1n) is 7.13. The number of hydrogen-bond donors (Lipinski definition) is 3. The molecule has 0 aliphatic heterocycles. The average Bonchev–Trinajstić information content (AvgIpc) is 3.06. The number of nitrogens with two attached hydrogens (primary N) is 1. The molecule has 4 N–H and O–H groups in total. The zero-order valence-corrected chi connectivity index (χ0v) is 15.3. The zero-order valence-electron chi connectivity index (χ0n) is 12.9. The van der Waals surface area contributed by atoms with E-state index in [0.29, 0.717) is 31.6 Å². The number of sulfonamides is 1. The first-order chi connectivity index (χ1) is 11.0. The highest BCUT2D eigenvalue weighted by Gasteiger charge is 2.14. The Morgan fingerprint density at radius 1 is 1.12 bits per heavy atom. The lowest BCUT2D eigenvalue weighted by atomic mass is 10.2. The van der Waals surface area contributed by atoms with Gasteiger partial charge in [-0.15, -0.1) is 23.7 Å². The number of rotatable bonds is 8. The standard InChI is InChI=1S/C15H19N3O3S2.ClH/c16-8-10-17-15(19)12-3-5-14(6-4-12)23(20,21)18-9-7-13-2-1-11-22-13;/h1-6,11,18H,7-10,16H2,(H,17,19);1H. The zero-order chi connectivity index (χ0) is 16.7. The summed E-state index contributed by atoms with van der Waals surface area (Å²) in [5, 5.41) is 4.59. The molecule has 0 spiro atoms. The fraction of sp³-hybridized carbons (Fsp3) is 0.267. The maximum atomic E-state index is 12.2. The maximum Gasteiger partial charge on any atom is 0.251 e. The Bertz CT molecular complexity index is 732. The van der Waals surface area contributed by atoms with Crippen LogP contribution in [0.2, 0.25) is 0 Å². The molecule has 24 heavy (non-hydrogen) atoms. The van der Waals surface area contributed by atoms with E-state index in [4.69, 9.17) is 5.73 Å². The molecular formula is C15H20ClN3O3S2. The van der Waals surface area contributed by atoms with Crippen molar-refractivity contribution in [2.45, 2.75) is 11.3 Å². The molecule has 0 aliphatic rings. The van der Waals surface area contributed by atoms with Crippen molar-refractivity contribution in [3.8, 4) is 0 Å². The van der Waals surface area contributed by atoms with Crippen molar-refractivity contribution in [2.75, 3.05) is 19.6 Å². The van der Waals surface area contributed by atoms with Gasteiger partial charge in [0.15, 0.2) is 0 Å². The van der Waals surface area contributed by atoms with Gasteiger partial charge in [-0.2, -0.15) is 0 Å². The fourth-order valence-electron chi connectivity index (χ4n) is 1.92. The Balaban J connectivity index is 0.00000288.